The van der Waals surface area contributed by atoms with Gasteiger partial charge in [0.25, 0.3) is 5.91 Å². The van der Waals surface area contributed by atoms with E-state index in [9.17, 15) is 4.79 Å². The largest absolute Gasteiger partial charge is 0.336 e. The average molecular weight is 287 g/mol. The Morgan fingerprint density at radius 2 is 2.29 bits per heavy atom. The van der Waals surface area contributed by atoms with Crippen molar-refractivity contribution < 1.29 is 4.79 Å². The molecule has 2 aromatic heterocycles. The van der Waals surface area contributed by atoms with Crippen LogP contribution in [-0.4, -0.2) is 44.7 Å². The van der Waals surface area contributed by atoms with Gasteiger partial charge < -0.3 is 10.6 Å². The minimum Gasteiger partial charge on any atom is -0.336 e. The molecule has 3 heterocycles. The van der Waals surface area contributed by atoms with Crippen molar-refractivity contribution in [3.05, 3.63) is 23.5 Å². The topological polar surface area (TPSA) is 77.0 Å². The Morgan fingerprint density at radius 3 is 2.95 bits per heavy atom. The molecule has 2 atom stereocenters. The second-order valence-corrected chi connectivity index (χ2v) is 5.96. The van der Waals surface area contributed by atoms with E-state index >= 15 is 0 Å². The van der Waals surface area contributed by atoms with Gasteiger partial charge in [-0.15, -0.1) is 0 Å². The maximum absolute atomic E-state index is 12.9. The highest BCUT2D eigenvalue weighted by atomic mass is 16.2. The first-order valence-corrected chi connectivity index (χ1v) is 7.31. The van der Waals surface area contributed by atoms with Crippen molar-refractivity contribution in [1.29, 1.82) is 0 Å². The molecule has 2 N–H and O–H groups in total. The van der Waals surface area contributed by atoms with E-state index in [2.05, 4.69) is 17.0 Å². The van der Waals surface area contributed by atoms with Crippen LogP contribution in [0, 0.1) is 12.8 Å². The van der Waals surface area contributed by atoms with Gasteiger partial charge in [0.15, 0.2) is 5.65 Å². The van der Waals surface area contributed by atoms with Crippen molar-refractivity contribution in [2.45, 2.75) is 26.3 Å². The maximum Gasteiger partial charge on any atom is 0.254 e. The van der Waals surface area contributed by atoms with Gasteiger partial charge in [-0.05, 0) is 38.8 Å². The molecule has 3 rings (SSSR count). The zero-order valence-electron chi connectivity index (χ0n) is 12.7. The van der Waals surface area contributed by atoms with Crippen LogP contribution in [0.2, 0.25) is 0 Å². The van der Waals surface area contributed by atoms with E-state index < -0.39 is 0 Å². The van der Waals surface area contributed by atoms with Crippen LogP contribution in [0.1, 0.15) is 29.4 Å². The van der Waals surface area contributed by atoms with Gasteiger partial charge in [-0.1, -0.05) is 0 Å². The van der Waals surface area contributed by atoms with Gasteiger partial charge in [-0.3, -0.25) is 9.48 Å². The summed E-state index contributed by atoms with van der Waals surface area (Å²) in [5.74, 6) is 0.457. The number of likely N-dealkylation sites (tertiary alicyclic amines) is 1. The summed E-state index contributed by atoms with van der Waals surface area (Å²) in [5.41, 5.74) is 8.02. The van der Waals surface area contributed by atoms with Crippen LogP contribution in [-0.2, 0) is 7.05 Å². The molecule has 0 aliphatic carbocycles. The Kier molecular flexibility index (Phi) is 3.41. The molecule has 0 radical (unpaired) electrons. The SMILES string of the molecule is Cc1cc(C(=O)N2CC(CN)CC2C)c2cnn(C)c2n1. The highest BCUT2D eigenvalue weighted by Gasteiger charge is 2.33. The summed E-state index contributed by atoms with van der Waals surface area (Å²) >= 11 is 0. The monoisotopic (exact) mass is 287 g/mol. The van der Waals surface area contributed by atoms with Gasteiger partial charge >= 0.3 is 0 Å². The highest BCUT2D eigenvalue weighted by molar-refractivity contribution is 6.05. The van der Waals surface area contributed by atoms with Crippen LogP contribution in [0.25, 0.3) is 11.0 Å². The van der Waals surface area contributed by atoms with Crippen molar-refractivity contribution >= 4 is 16.9 Å². The molecule has 1 saturated heterocycles. The lowest BCUT2D eigenvalue weighted by Crippen LogP contribution is -2.34. The zero-order chi connectivity index (χ0) is 15.1. The second-order valence-electron chi connectivity index (χ2n) is 5.96. The molecule has 21 heavy (non-hydrogen) atoms. The summed E-state index contributed by atoms with van der Waals surface area (Å²) in [6.45, 7) is 5.35. The molecule has 2 unspecified atom stereocenters. The normalized spacial score (nSPS) is 22.2. The number of hydrogen-bond donors (Lipinski definition) is 1. The van der Waals surface area contributed by atoms with Gasteiger partial charge in [0, 0.05) is 25.3 Å². The van der Waals surface area contributed by atoms with Crippen LogP contribution in [0.15, 0.2) is 12.3 Å². The molecule has 1 amide bonds. The summed E-state index contributed by atoms with van der Waals surface area (Å²) in [6.07, 6.45) is 2.69. The van der Waals surface area contributed by atoms with Crippen LogP contribution < -0.4 is 5.73 Å². The van der Waals surface area contributed by atoms with Crippen molar-refractivity contribution in [3.63, 3.8) is 0 Å². The van der Waals surface area contributed by atoms with Gasteiger partial charge in [-0.25, -0.2) is 4.98 Å². The van der Waals surface area contributed by atoms with E-state index in [1.54, 1.807) is 10.9 Å². The minimum absolute atomic E-state index is 0.0574. The number of rotatable bonds is 2. The summed E-state index contributed by atoms with van der Waals surface area (Å²) in [5, 5.41) is 5.04. The Bertz CT molecular complexity index is 693. The van der Waals surface area contributed by atoms with Crippen molar-refractivity contribution in [2.75, 3.05) is 13.1 Å². The molecule has 1 aliphatic rings. The standard InChI is InChI=1S/C15H21N5O/c1-9-4-12(13-7-17-19(3)14(13)18-9)15(21)20-8-11(6-16)5-10(20)2/h4,7,10-11H,5-6,8,16H2,1-3H3. The molecule has 6 nitrogen and oxygen atoms in total. The second kappa shape index (κ2) is 5.11. The third kappa shape index (κ3) is 2.29. The molecule has 1 aliphatic heterocycles. The van der Waals surface area contributed by atoms with Gasteiger partial charge in [0.2, 0.25) is 0 Å². The lowest BCUT2D eigenvalue weighted by Gasteiger charge is -2.22. The number of nitrogens with two attached hydrogens (primary N) is 1. The van der Waals surface area contributed by atoms with Crippen molar-refractivity contribution in [3.8, 4) is 0 Å². The van der Waals surface area contributed by atoms with Crippen molar-refractivity contribution in [2.24, 2.45) is 18.7 Å². The number of nitrogens with zero attached hydrogens (tertiary/aromatic N) is 4. The van der Waals surface area contributed by atoms with Crippen LogP contribution in [0.3, 0.4) is 0 Å². The van der Waals surface area contributed by atoms with Crippen molar-refractivity contribution in [1.82, 2.24) is 19.7 Å². The quantitative estimate of drug-likeness (QED) is 0.897. The number of aromatic nitrogens is 3. The first-order valence-electron chi connectivity index (χ1n) is 7.31. The number of pyridine rings is 1. The molecule has 0 spiro atoms. The lowest BCUT2D eigenvalue weighted by atomic mass is 10.1. The van der Waals surface area contributed by atoms with Gasteiger partial charge in [0.05, 0.1) is 17.1 Å². The maximum atomic E-state index is 12.9. The predicted octanol–water partition coefficient (Wildman–Crippen LogP) is 1.09. The fourth-order valence-corrected chi connectivity index (χ4v) is 3.17. The molecule has 2 aromatic rings. The number of aryl methyl sites for hydroxylation is 2. The number of fused-ring (bicyclic) bond motifs is 1. The minimum atomic E-state index is 0.0574. The van der Waals surface area contributed by atoms with Crippen LogP contribution in [0.4, 0.5) is 0 Å². The molecular weight excluding hydrogens is 266 g/mol. The molecule has 6 heteroatoms. The Morgan fingerprint density at radius 1 is 1.52 bits per heavy atom. The summed E-state index contributed by atoms with van der Waals surface area (Å²) in [7, 11) is 1.84. The van der Waals surface area contributed by atoms with E-state index in [0.29, 0.717) is 18.0 Å². The van der Waals surface area contributed by atoms with E-state index in [-0.39, 0.29) is 11.9 Å². The highest BCUT2D eigenvalue weighted by Crippen LogP contribution is 2.26. The Labute approximate surface area is 123 Å². The number of carbonyl (C=O) groups is 1. The third-order valence-corrected chi connectivity index (χ3v) is 4.32. The smallest absolute Gasteiger partial charge is 0.254 e. The lowest BCUT2D eigenvalue weighted by molar-refractivity contribution is 0.0745. The van der Waals surface area contributed by atoms with E-state index in [1.807, 2.05) is 24.9 Å². The summed E-state index contributed by atoms with van der Waals surface area (Å²) in [6, 6.07) is 2.08. The zero-order valence-corrected chi connectivity index (χ0v) is 12.7. The number of hydrogen-bond acceptors (Lipinski definition) is 4. The van der Waals surface area contributed by atoms with Gasteiger partial charge in [-0.2, -0.15) is 5.10 Å². The third-order valence-electron chi connectivity index (χ3n) is 4.32. The molecule has 1 fully saturated rings. The van der Waals surface area contributed by atoms with E-state index in [1.165, 1.54) is 0 Å². The predicted molar refractivity (Wildman–Crippen MR) is 80.9 cm³/mol. The molecule has 0 bridgehead atoms. The van der Waals surface area contributed by atoms with E-state index in [0.717, 1.165) is 29.7 Å². The van der Waals surface area contributed by atoms with Crippen LogP contribution >= 0.6 is 0 Å². The molecule has 0 aromatic carbocycles. The van der Waals surface area contributed by atoms with E-state index in [4.69, 9.17) is 5.73 Å². The first-order chi connectivity index (χ1) is 10.0. The molecule has 0 saturated carbocycles. The fraction of sp³-hybridized carbons (Fsp3) is 0.533. The summed E-state index contributed by atoms with van der Waals surface area (Å²) < 4.78 is 1.70. The number of carbonyl (C=O) groups excluding carboxylic acids is 1. The fourth-order valence-electron chi connectivity index (χ4n) is 3.17. The number of amides is 1. The molecular formula is C15H21N5O. The van der Waals surface area contributed by atoms with Gasteiger partial charge in [0.1, 0.15) is 0 Å². The molecule has 112 valence electrons. The Balaban J connectivity index is 2.02. The summed E-state index contributed by atoms with van der Waals surface area (Å²) in [4.78, 5) is 19.3. The Hall–Kier alpha value is -1.95. The average Bonchev–Trinajstić information content (AvgIpc) is 3.01. The first kappa shape index (κ1) is 14.0. The van der Waals surface area contributed by atoms with Crippen LogP contribution in [0.5, 0.6) is 0 Å².